The standard InChI is InChI=1S/C21H30N4O2.2ClH/c22-21(9-3-4-10-21)20(27)24-14-12-23(13-15-24)16-19(26)25-11-5-7-17-6-1-2-8-18(17)25;;/h1-2,6,8H,3-5,7,9-16,22H2;2*1H. The third-order valence-electron chi connectivity index (χ3n) is 6.35. The molecule has 29 heavy (non-hydrogen) atoms. The van der Waals surface area contributed by atoms with E-state index in [1.54, 1.807) is 0 Å². The van der Waals surface area contributed by atoms with Crippen molar-refractivity contribution in [2.45, 2.75) is 44.1 Å². The zero-order chi connectivity index (χ0) is 18.9. The summed E-state index contributed by atoms with van der Waals surface area (Å²) in [5.41, 5.74) is 8.01. The summed E-state index contributed by atoms with van der Waals surface area (Å²) in [6.07, 6.45) is 5.77. The lowest BCUT2D eigenvalue weighted by Gasteiger charge is -2.39. The molecule has 1 saturated carbocycles. The van der Waals surface area contributed by atoms with Crippen LogP contribution in [0.3, 0.4) is 0 Å². The average Bonchev–Trinajstić information content (AvgIpc) is 3.15. The molecule has 0 unspecified atom stereocenters. The Balaban J connectivity index is 0.00000150. The topological polar surface area (TPSA) is 69.9 Å². The van der Waals surface area contributed by atoms with E-state index >= 15 is 0 Å². The smallest absolute Gasteiger partial charge is 0.242 e. The molecule has 6 nitrogen and oxygen atoms in total. The Labute approximate surface area is 185 Å². The van der Waals surface area contributed by atoms with Crippen LogP contribution in [0.1, 0.15) is 37.7 Å². The molecule has 1 aromatic carbocycles. The molecule has 2 heterocycles. The maximum atomic E-state index is 12.9. The number of hydrogen-bond acceptors (Lipinski definition) is 4. The van der Waals surface area contributed by atoms with Crippen LogP contribution in [0.2, 0.25) is 0 Å². The minimum Gasteiger partial charge on any atom is -0.339 e. The highest BCUT2D eigenvalue weighted by Crippen LogP contribution is 2.30. The predicted molar refractivity (Wildman–Crippen MR) is 120 cm³/mol. The number of benzene rings is 1. The Bertz CT molecular complexity index is 716. The Morgan fingerprint density at radius 2 is 1.59 bits per heavy atom. The van der Waals surface area contributed by atoms with E-state index in [2.05, 4.69) is 11.0 Å². The van der Waals surface area contributed by atoms with Crippen LogP contribution in [0.4, 0.5) is 5.69 Å². The second-order valence-electron chi connectivity index (χ2n) is 8.21. The normalized spacial score (nSPS) is 21.0. The van der Waals surface area contributed by atoms with E-state index in [1.807, 2.05) is 28.0 Å². The number of para-hydroxylation sites is 1. The van der Waals surface area contributed by atoms with Crippen molar-refractivity contribution in [1.29, 1.82) is 0 Å². The van der Waals surface area contributed by atoms with Gasteiger partial charge in [0.15, 0.2) is 0 Å². The molecule has 0 aromatic heterocycles. The first-order chi connectivity index (χ1) is 13.1. The van der Waals surface area contributed by atoms with Gasteiger partial charge < -0.3 is 15.5 Å². The van der Waals surface area contributed by atoms with Crippen molar-refractivity contribution in [2.24, 2.45) is 5.73 Å². The van der Waals surface area contributed by atoms with E-state index in [0.29, 0.717) is 19.6 Å². The van der Waals surface area contributed by atoms with Gasteiger partial charge in [-0.05, 0) is 37.3 Å². The third kappa shape index (κ3) is 5.05. The molecular weight excluding hydrogens is 411 g/mol. The summed E-state index contributed by atoms with van der Waals surface area (Å²) in [7, 11) is 0. The molecule has 2 aliphatic heterocycles. The van der Waals surface area contributed by atoms with Crippen LogP contribution in [-0.4, -0.2) is 66.4 Å². The average molecular weight is 443 g/mol. The zero-order valence-corrected chi connectivity index (χ0v) is 18.5. The number of hydrogen-bond donors (Lipinski definition) is 1. The van der Waals surface area contributed by atoms with Crippen molar-refractivity contribution in [3.8, 4) is 0 Å². The number of piperazine rings is 1. The van der Waals surface area contributed by atoms with Gasteiger partial charge in [0.05, 0.1) is 12.1 Å². The van der Waals surface area contributed by atoms with E-state index in [4.69, 9.17) is 5.73 Å². The first-order valence-corrected chi connectivity index (χ1v) is 10.3. The Morgan fingerprint density at radius 1 is 0.931 bits per heavy atom. The van der Waals surface area contributed by atoms with Gasteiger partial charge in [-0.15, -0.1) is 24.8 Å². The summed E-state index contributed by atoms with van der Waals surface area (Å²) >= 11 is 0. The summed E-state index contributed by atoms with van der Waals surface area (Å²) in [6, 6.07) is 8.20. The Hall–Kier alpha value is -1.34. The van der Waals surface area contributed by atoms with Crippen LogP contribution < -0.4 is 10.6 Å². The van der Waals surface area contributed by atoms with Crippen molar-refractivity contribution in [1.82, 2.24) is 9.80 Å². The van der Waals surface area contributed by atoms with Crippen LogP contribution in [0.25, 0.3) is 0 Å². The number of carbonyl (C=O) groups is 2. The molecule has 8 heteroatoms. The molecule has 2 N–H and O–H groups in total. The van der Waals surface area contributed by atoms with Gasteiger partial charge in [0.1, 0.15) is 0 Å². The maximum Gasteiger partial charge on any atom is 0.242 e. The number of amides is 2. The number of rotatable bonds is 3. The molecule has 2 fully saturated rings. The van der Waals surface area contributed by atoms with Gasteiger partial charge in [-0.25, -0.2) is 0 Å². The minimum absolute atomic E-state index is 0. The van der Waals surface area contributed by atoms with Gasteiger partial charge in [0.2, 0.25) is 11.8 Å². The summed E-state index contributed by atoms with van der Waals surface area (Å²) < 4.78 is 0. The number of halogens is 2. The van der Waals surface area contributed by atoms with Crippen LogP contribution in [-0.2, 0) is 16.0 Å². The molecule has 3 aliphatic rings. The van der Waals surface area contributed by atoms with Crippen molar-refractivity contribution >= 4 is 42.3 Å². The number of nitrogens with zero attached hydrogens (tertiary/aromatic N) is 3. The third-order valence-corrected chi connectivity index (χ3v) is 6.35. The van der Waals surface area contributed by atoms with Crippen molar-refractivity contribution in [3.63, 3.8) is 0 Å². The Kier molecular flexibility index (Phi) is 8.35. The lowest BCUT2D eigenvalue weighted by atomic mass is 9.97. The van der Waals surface area contributed by atoms with Crippen LogP contribution in [0, 0.1) is 0 Å². The maximum absolute atomic E-state index is 12.9. The van der Waals surface area contributed by atoms with Gasteiger partial charge in [-0.3, -0.25) is 14.5 Å². The van der Waals surface area contributed by atoms with E-state index < -0.39 is 5.54 Å². The molecule has 1 saturated heterocycles. The number of nitrogens with two attached hydrogens (primary N) is 1. The fourth-order valence-electron chi connectivity index (χ4n) is 4.71. The van der Waals surface area contributed by atoms with Crippen molar-refractivity contribution in [3.05, 3.63) is 29.8 Å². The highest BCUT2D eigenvalue weighted by molar-refractivity contribution is 5.96. The van der Waals surface area contributed by atoms with Crippen LogP contribution in [0.15, 0.2) is 24.3 Å². The first kappa shape index (κ1) is 23.9. The van der Waals surface area contributed by atoms with Crippen molar-refractivity contribution < 1.29 is 9.59 Å². The fourth-order valence-corrected chi connectivity index (χ4v) is 4.71. The highest BCUT2D eigenvalue weighted by atomic mass is 35.5. The highest BCUT2D eigenvalue weighted by Gasteiger charge is 2.40. The quantitative estimate of drug-likeness (QED) is 0.778. The second-order valence-corrected chi connectivity index (χ2v) is 8.21. The largest absolute Gasteiger partial charge is 0.339 e. The molecule has 1 aromatic rings. The number of fused-ring (bicyclic) bond motifs is 1. The molecule has 4 rings (SSSR count). The molecule has 0 spiro atoms. The molecule has 0 radical (unpaired) electrons. The summed E-state index contributed by atoms with van der Waals surface area (Å²) in [6.45, 7) is 4.03. The van der Waals surface area contributed by atoms with E-state index in [9.17, 15) is 9.59 Å². The van der Waals surface area contributed by atoms with Gasteiger partial charge >= 0.3 is 0 Å². The fraction of sp³-hybridized carbons (Fsp3) is 0.619. The molecule has 162 valence electrons. The molecule has 1 aliphatic carbocycles. The van der Waals surface area contributed by atoms with Crippen LogP contribution in [0.5, 0.6) is 0 Å². The van der Waals surface area contributed by atoms with Gasteiger partial charge in [-0.2, -0.15) is 0 Å². The van der Waals surface area contributed by atoms with Crippen LogP contribution >= 0.6 is 24.8 Å². The van der Waals surface area contributed by atoms with Gasteiger partial charge in [-0.1, -0.05) is 31.0 Å². The molecule has 0 atom stereocenters. The van der Waals surface area contributed by atoms with E-state index in [1.165, 1.54) is 5.56 Å². The lowest BCUT2D eigenvalue weighted by Crippen LogP contribution is -2.59. The number of carbonyl (C=O) groups excluding carboxylic acids is 2. The predicted octanol–water partition coefficient (Wildman–Crippen LogP) is 2.23. The van der Waals surface area contributed by atoms with E-state index in [-0.39, 0.29) is 36.6 Å². The molecular formula is C21H32Cl2N4O2. The summed E-state index contributed by atoms with van der Waals surface area (Å²) in [5, 5.41) is 0. The minimum atomic E-state index is -0.643. The monoisotopic (exact) mass is 442 g/mol. The Morgan fingerprint density at radius 3 is 2.28 bits per heavy atom. The molecule has 2 amide bonds. The summed E-state index contributed by atoms with van der Waals surface area (Å²) in [4.78, 5) is 31.6. The molecule has 0 bridgehead atoms. The summed E-state index contributed by atoms with van der Waals surface area (Å²) in [5.74, 6) is 0.268. The first-order valence-electron chi connectivity index (χ1n) is 10.3. The van der Waals surface area contributed by atoms with Gasteiger partial charge in [0.25, 0.3) is 0 Å². The van der Waals surface area contributed by atoms with E-state index in [0.717, 1.165) is 63.8 Å². The number of anilines is 1. The number of aryl methyl sites for hydroxylation is 1. The lowest BCUT2D eigenvalue weighted by molar-refractivity contribution is -0.138. The van der Waals surface area contributed by atoms with Crippen molar-refractivity contribution in [2.75, 3.05) is 44.2 Å². The zero-order valence-electron chi connectivity index (χ0n) is 16.8. The second kappa shape index (κ2) is 10.1. The SMILES string of the molecule is Cl.Cl.NC1(C(=O)N2CCN(CC(=O)N3CCCc4ccccc43)CC2)CCCC1. The van der Waals surface area contributed by atoms with Gasteiger partial charge in [0, 0.05) is 38.4 Å².